The number of fused-ring (bicyclic) bond motifs is 1. The highest BCUT2D eigenvalue weighted by Crippen LogP contribution is 2.38. The summed E-state index contributed by atoms with van der Waals surface area (Å²) in [4.78, 5) is 12.2. The van der Waals surface area contributed by atoms with Gasteiger partial charge in [0.1, 0.15) is 0 Å². The van der Waals surface area contributed by atoms with Crippen molar-refractivity contribution in [2.45, 2.75) is 13.5 Å². The molecule has 0 unspecified atom stereocenters. The molecule has 128 valence electrons. The quantitative estimate of drug-likeness (QED) is 0.749. The van der Waals surface area contributed by atoms with E-state index in [2.05, 4.69) is 17.5 Å². The zero-order chi connectivity index (χ0) is 19.0. The first kappa shape index (κ1) is 16.6. The van der Waals surface area contributed by atoms with Gasteiger partial charge in [-0.3, -0.25) is 4.79 Å². The topological polar surface area (TPSA) is 76.7 Å². The van der Waals surface area contributed by atoms with Crippen LogP contribution in [-0.2, 0) is 6.54 Å². The summed E-state index contributed by atoms with van der Waals surface area (Å²) in [7, 11) is 0. The van der Waals surface area contributed by atoms with E-state index in [0.29, 0.717) is 23.2 Å². The molecule has 4 rings (SSSR count). The summed E-state index contributed by atoms with van der Waals surface area (Å²) in [5, 5.41) is 21.4. The minimum atomic E-state index is -0.0855. The van der Waals surface area contributed by atoms with Gasteiger partial charge in [-0.15, -0.1) is 0 Å². The Morgan fingerprint density at radius 3 is 2.41 bits per heavy atom. The SMILES string of the molecule is Cc1ccc(C#N)cc1-c1cc2c(cc1-c1cccc(C#N)c1)CNC2=O. The van der Waals surface area contributed by atoms with Crippen molar-refractivity contribution in [3.05, 3.63) is 82.4 Å². The second-order valence-corrected chi connectivity index (χ2v) is 6.57. The molecule has 4 nitrogen and oxygen atoms in total. The van der Waals surface area contributed by atoms with Crippen LogP contribution >= 0.6 is 0 Å². The minimum Gasteiger partial charge on any atom is -0.348 e. The van der Waals surface area contributed by atoms with Crippen LogP contribution in [0.25, 0.3) is 22.3 Å². The number of aryl methyl sites for hydroxylation is 1. The molecular formula is C23H15N3O. The Kier molecular flexibility index (Phi) is 3.95. The van der Waals surface area contributed by atoms with Gasteiger partial charge >= 0.3 is 0 Å². The average Bonchev–Trinajstić information content (AvgIpc) is 3.07. The van der Waals surface area contributed by atoms with Gasteiger partial charge in [0, 0.05) is 12.1 Å². The summed E-state index contributed by atoms with van der Waals surface area (Å²) < 4.78 is 0. The lowest BCUT2D eigenvalue weighted by Gasteiger charge is -2.15. The second-order valence-electron chi connectivity index (χ2n) is 6.57. The van der Waals surface area contributed by atoms with E-state index in [-0.39, 0.29) is 5.91 Å². The third-order valence-corrected chi connectivity index (χ3v) is 4.89. The van der Waals surface area contributed by atoms with E-state index in [4.69, 9.17) is 0 Å². The van der Waals surface area contributed by atoms with Crippen molar-refractivity contribution in [3.8, 4) is 34.4 Å². The van der Waals surface area contributed by atoms with E-state index in [9.17, 15) is 15.3 Å². The van der Waals surface area contributed by atoms with Gasteiger partial charge in [0.05, 0.1) is 23.3 Å². The summed E-state index contributed by atoms with van der Waals surface area (Å²) in [6.45, 7) is 2.48. The number of hydrogen-bond donors (Lipinski definition) is 1. The van der Waals surface area contributed by atoms with Crippen LogP contribution in [0.1, 0.15) is 32.6 Å². The van der Waals surface area contributed by atoms with Gasteiger partial charge in [-0.05, 0) is 76.7 Å². The maximum Gasteiger partial charge on any atom is 0.251 e. The number of benzene rings is 3. The number of rotatable bonds is 2. The van der Waals surface area contributed by atoms with Crippen molar-refractivity contribution in [1.29, 1.82) is 10.5 Å². The van der Waals surface area contributed by atoms with Crippen LogP contribution in [0.3, 0.4) is 0 Å². The molecule has 1 N–H and O–H groups in total. The Morgan fingerprint density at radius 2 is 1.63 bits per heavy atom. The van der Waals surface area contributed by atoms with Crippen molar-refractivity contribution in [1.82, 2.24) is 5.32 Å². The van der Waals surface area contributed by atoms with Gasteiger partial charge in [0.15, 0.2) is 0 Å². The molecule has 27 heavy (non-hydrogen) atoms. The number of nitrogens with zero attached hydrogens (tertiary/aromatic N) is 2. The van der Waals surface area contributed by atoms with Crippen molar-refractivity contribution >= 4 is 5.91 Å². The molecule has 0 aliphatic carbocycles. The van der Waals surface area contributed by atoms with Gasteiger partial charge in [0.2, 0.25) is 0 Å². The van der Waals surface area contributed by atoms with Crippen molar-refractivity contribution in [3.63, 3.8) is 0 Å². The Labute approximate surface area is 157 Å². The molecule has 0 fully saturated rings. The highest BCUT2D eigenvalue weighted by molar-refractivity contribution is 6.02. The number of amides is 1. The van der Waals surface area contributed by atoms with E-state index < -0.39 is 0 Å². The molecule has 1 amide bonds. The third kappa shape index (κ3) is 2.84. The van der Waals surface area contributed by atoms with Gasteiger partial charge < -0.3 is 5.32 Å². The lowest BCUT2D eigenvalue weighted by Crippen LogP contribution is -2.12. The van der Waals surface area contributed by atoms with E-state index in [1.807, 2.05) is 49.4 Å². The lowest BCUT2D eigenvalue weighted by molar-refractivity contribution is 0.0966. The summed E-state index contributed by atoms with van der Waals surface area (Å²) in [5.41, 5.74) is 7.41. The van der Waals surface area contributed by atoms with Crippen LogP contribution in [0.15, 0.2) is 54.6 Å². The van der Waals surface area contributed by atoms with Crippen LogP contribution in [0, 0.1) is 29.6 Å². The molecule has 0 radical (unpaired) electrons. The molecule has 1 aliphatic rings. The normalized spacial score (nSPS) is 12.0. The van der Waals surface area contributed by atoms with Crippen LogP contribution in [0.4, 0.5) is 0 Å². The van der Waals surface area contributed by atoms with E-state index in [0.717, 1.165) is 33.4 Å². The molecular weight excluding hydrogens is 334 g/mol. The van der Waals surface area contributed by atoms with E-state index in [1.165, 1.54) is 0 Å². The van der Waals surface area contributed by atoms with Crippen molar-refractivity contribution < 1.29 is 4.79 Å². The predicted octanol–water partition coefficient (Wildman–Crippen LogP) is 4.32. The average molecular weight is 349 g/mol. The first-order valence-electron chi connectivity index (χ1n) is 8.57. The molecule has 3 aromatic rings. The predicted molar refractivity (Wildman–Crippen MR) is 103 cm³/mol. The molecule has 0 spiro atoms. The molecule has 0 bridgehead atoms. The lowest BCUT2D eigenvalue weighted by atomic mass is 9.88. The highest BCUT2D eigenvalue weighted by atomic mass is 16.1. The highest BCUT2D eigenvalue weighted by Gasteiger charge is 2.23. The van der Waals surface area contributed by atoms with E-state index in [1.54, 1.807) is 12.1 Å². The monoisotopic (exact) mass is 349 g/mol. The smallest absolute Gasteiger partial charge is 0.251 e. The van der Waals surface area contributed by atoms with Gasteiger partial charge in [-0.25, -0.2) is 0 Å². The summed E-state index contributed by atoms with van der Waals surface area (Å²) >= 11 is 0. The fourth-order valence-corrected chi connectivity index (χ4v) is 3.47. The second kappa shape index (κ2) is 6.44. The largest absolute Gasteiger partial charge is 0.348 e. The van der Waals surface area contributed by atoms with E-state index >= 15 is 0 Å². The summed E-state index contributed by atoms with van der Waals surface area (Å²) in [5.74, 6) is -0.0855. The Bertz CT molecular complexity index is 1180. The zero-order valence-electron chi connectivity index (χ0n) is 14.7. The zero-order valence-corrected chi connectivity index (χ0v) is 14.7. The van der Waals surface area contributed by atoms with Crippen LogP contribution in [0.2, 0.25) is 0 Å². The van der Waals surface area contributed by atoms with Gasteiger partial charge in [0.25, 0.3) is 5.91 Å². The fourth-order valence-electron chi connectivity index (χ4n) is 3.47. The molecule has 3 aromatic carbocycles. The van der Waals surface area contributed by atoms with Crippen LogP contribution in [-0.4, -0.2) is 5.91 Å². The first-order chi connectivity index (χ1) is 13.1. The third-order valence-electron chi connectivity index (χ3n) is 4.89. The maximum atomic E-state index is 12.2. The number of nitriles is 2. The number of carbonyl (C=O) groups excluding carboxylic acids is 1. The molecule has 1 heterocycles. The van der Waals surface area contributed by atoms with Crippen molar-refractivity contribution in [2.24, 2.45) is 0 Å². The minimum absolute atomic E-state index is 0.0855. The molecule has 4 heteroatoms. The van der Waals surface area contributed by atoms with Crippen LogP contribution < -0.4 is 5.32 Å². The van der Waals surface area contributed by atoms with Gasteiger partial charge in [-0.2, -0.15) is 10.5 Å². The number of nitrogens with one attached hydrogen (secondary N) is 1. The maximum absolute atomic E-state index is 12.2. The molecule has 1 aliphatic heterocycles. The van der Waals surface area contributed by atoms with Crippen LogP contribution in [0.5, 0.6) is 0 Å². The Balaban J connectivity index is 2.03. The Morgan fingerprint density at radius 1 is 0.852 bits per heavy atom. The standard InChI is InChI=1S/C23H15N3O/c1-14-5-6-16(12-25)8-19(14)22-10-21-18(13-26-23(21)27)9-20(22)17-4-2-3-15(7-17)11-24/h2-10H,13H2,1H3,(H,26,27). The van der Waals surface area contributed by atoms with Gasteiger partial charge in [-0.1, -0.05) is 18.2 Å². The molecule has 0 saturated carbocycles. The Hall–Kier alpha value is -3.89. The first-order valence-corrected chi connectivity index (χ1v) is 8.57. The molecule has 0 atom stereocenters. The number of carbonyl (C=O) groups is 1. The summed E-state index contributed by atoms with van der Waals surface area (Å²) in [6.07, 6.45) is 0. The number of hydrogen-bond acceptors (Lipinski definition) is 3. The van der Waals surface area contributed by atoms with Crippen molar-refractivity contribution in [2.75, 3.05) is 0 Å². The fraction of sp³-hybridized carbons (Fsp3) is 0.0870. The summed E-state index contributed by atoms with van der Waals surface area (Å²) in [6, 6.07) is 21.2. The molecule has 0 saturated heterocycles. The molecule has 0 aromatic heterocycles.